The first-order valence-electron chi connectivity index (χ1n) is 8.60. The zero-order chi connectivity index (χ0) is 18.6. The molecular formula is C23H17NO3. The van der Waals surface area contributed by atoms with Crippen LogP contribution in [0.3, 0.4) is 0 Å². The zero-order valence-corrected chi connectivity index (χ0v) is 14.8. The minimum atomic E-state index is -0.458. The molecule has 0 amide bonds. The van der Waals surface area contributed by atoms with Crippen molar-refractivity contribution in [2.75, 3.05) is 0 Å². The van der Waals surface area contributed by atoms with Crippen molar-refractivity contribution in [3.05, 3.63) is 101 Å². The molecule has 0 radical (unpaired) electrons. The van der Waals surface area contributed by atoms with Crippen molar-refractivity contribution in [2.24, 2.45) is 4.99 Å². The van der Waals surface area contributed by atoms with Gasteiger partial charge in [-0.05, 0) is 55.0 Å². The molecule has 0 saturated heterocycles. The van der Waals surface area contributed by atoms with Gasteiger partial charge < -0.3 is 9.47 Å². The predicted molar refractivity (Wildman–Crippen MR) is 105 cm³/mol. The van der Waals surface area contributed by atoms with Gasteiger partial charge >= 0.3 is 5.97 Å². The van der Waals surface area contributed by atoms with Crippen LogP contribution in [0.25, 0.3) is 6.08 Å². The summed E-state index contributed by atoms with van der Waals surface area (Å²) in [5, 5.41) is 0. The van der Waals surface area contributed by atoms with E-state index in [1.165, 1.54) is 0 Å². The first-order chi connectivity index (χ1) is 13.2. The number of aryl methyl sites for hydroxylation is 1. The molecule has 3 aromatic carbocycles. The number of esters is 1. The Balaban J connectivity index is 1.59. The van der Waals surface area contributed by atoms with Crippen LogP contribution in [0, 0.1) is 6.92 Å². The van der Waals surface area contributed by atoms with Gasteiger partial charge in [0, 0.05) is 5.56 Å². The molecule has 4 nitrogen and oxygen atoms in total. The smallest absolute Gasteiger partial charge is 0.363 e. The Morgan fingerprint density at radius 2 is 1.67 bits per heavy atom. The number of hydrogen-bond donors (Lipinski definition) is 0. The molecule has 0 aromatic heterocycles. The van der Waals surface area contributed by atoms with Crippen molar-refractivity contribution in [1.29, 1.82) is 0 Å². The molecule has 0 fully saturated rings. The first-order valence-corrected chi connectivity index (χ1v) is 8.60. The van der Waals surface area contributed by atoms with E-state index in [0.29, 0.717) is 11.6 Å². The van der Waals surface area contributed by atoms with Crippen molar-refractivity contribution in [3.63, 3.8) is 0 Å². The number of aliphatic imine (C=N–C) groups is 1. The van der Waals surface area contributed by atoms with Crippen LogP contribution in [-0.2, 0) is 9.53 Å². The highest BCUT2D eigenvalue weighted by Crippen LogP contribution is 2.24. The van der Waals surface area contributed by atoms with Crippen molar-refractivity contribution in [3.8, 4) is 11.5 Å². The molecule has 27 heavy (non-hydrogen) atoms. The zero-order valence-electron chi connectivity index (χ0n) is 14.8. The van der Waals surface area contributed by atoms with E-state index in [1.54, 1.807) is 6.08 Å². The monoisotopic (exact) mass is 355 g/mol. The molecule has 0 aliphatic carbocycles. The van der Waals surface area contributed by atoms with Gasteiger partial charge in [-0.15, -0.1) is 0 Å². The lowest BCUT2D eigenvalue weighted by Gasteiger charge is -2.05. The average Bonchev–Trinajstić information content (AvgIpc) is 3.03. The standard InChI is InChI=1S/C23H17NO3/c1-16-7-5-9-18(13-16)22-24-21(23(25)27-22)15-17-8-6-12-20(14-17)26-19-10-3-2-4-11-19/h2-15H,1H3/b21-15-. The predicted octanol–water partition coefficient (Wildman–Crippen LogP) is 5.13. The molecule has 4 heteroatoms. The van der Waals surface area contributed by atoms with Gasteiger partial charge in [-0.25, -0.2) is 9.79 Å². The summed E-state index contributed by atoms with van der Waals surface area (Å²) >= 11 is 0. The summed E-state index contributed by atoms with van der Waals surface area (Å²) in [4.78, 5) is 16.5. The third-order valence-electron chi connectivity index (χ3n) is 4.03. The summed E-state index contributed by atoms with van der Waals surface area (Å²) in [5.74, 6) is 1.31. The molecule has 0 bridgehead atoms. The Morgan fingerprint density at radius 3 is 2.48 bits per heavy atom. The maximum atomic E-state index is 12.2. The van der Waals surface area contributed by atoms with Gasteiger partial charge in [-0.1, -0.05) is 48.0 Å². The molecule has 0 spiro atoms. The van der Waals surface area contributed by atoms with E-state index < -0.39 is 5.97 Å². The van der Waals surface area contributed by atoms with Crippen LogP contribution in [0.4, 0.5) is 0 Å². The number of ether oxygens (including phenoxy) is 2. The van der Waals surface area contributed by atoms with Gasteiger partial charge in [0.05, 0.1) is 0 Å². The number of benzene rings is 3. The topological polar surface area (TPSA) is 47.9 Å². The minimum Gasteiger partial charge on any atom is -0.457 e. The van der Waals surface area contributed by atoms with Crippen LogP contribution in [0.2, 0.25) is 0 Å². The van der Waals surface area contributed by atoms with E-state index in [1.807, 2.05) is 85.8 Å². The molecule has 1 aliphatic rings. The summed E-state index contributed by atoms with van der Waals surface area (Å²) < 4.78 is 11.2. The minimum absolute atomic E-state index is 0.267. The van der Waals surface area contributed by atoms with Gasteiger partial charge in [-0.3, -0.25) is 0 Å². The Kier molecular flexibility index (Phi) is 4.54. The number of para-hydroxylation sites is 1. The summed E-state index contributed by atoms with van der Waals surface area (Å²) in [6, 6.07) is 24.7. The summed E-state index contributed by atoms with van der Waals surface area (Å²) in [6.07, 6.45) is 1.70. The fraction of sp³-hybridized carbons (Fsp3) is 0.0435. The van der Waals surface area contributed by atoms with Crippen LogP contribution >= 0.6 is 0 Å². The maximum Gasteiger partial charge on any atom is 0.363 e. The Morgan fingerprint density at radius 1 is 0.889 bits per heavy atom. The second kappa shape index (κ2) is 7.30. The van der Waals surface area contributed by atoms with Crippen LogP contribution in [0.1, 0.15) is 16.7 Å². The highest BCUT2D eigenvalue weighted by atomic mass is 16.6. The largest absolute Gasteiger partial charge is 0.457 e. The number of cyclic esters (lactones) is 1. The Hall–Kier alpha value is -3.66. The van der Waals surface area contributed by atoms with E-state index in [-0.39, 0.29) is 5.70 Å². The second-order valence-electron chi connectivity index (χ2n) is 6.19. The summed E-state index contributed by atoms with van der Waals surface area (Å²) in [5.41, 5.74) is 2.94. The Labute approximate surface area is 157 Å². The molecule has 3 aromatic rings. The average molecular weight is 355 g/mol. The molecule has 0 atom stereocenters. The summed E-state index contributed by atoms with van der Waals surface area (Å²) in [6.45, 7) is 1.98. The highest BCUT2D eigenvalue weighted by molar-refractivity contribution is 6.12. The van der Waals surface area contributed by atoms with Crippen molar-refractivity contribution in [2.45, 2.75) is 6.92 Å². The molecule has 1 heterocycles. The SMILES string of the molecule is Cc1cccc(C2=N/C(=C\c3cccc(Oc4ccccc4)c3)C(=O)O2)c1. The number of nitrogens with zero attached hydrogens (tertiary/aromatic N) is 1. The van der Waals surface area contributed by atoms with Crippen LogP contribution in [-0.4, -0.2) is 11.9 Å². The molecule has 0 N–H and O–H groups in total. The van der Waals surface area contributed by atoms with Crippen LogP contribution in [0.5, 0.6) is 11.5 Å². The van der Waals surface area contributed by atoms with E-state index in [2.05, 4.69) is 4.99 Å². The molecule has 4 rings (SSSR count). The number of carbonyl (C=O) groups excluding carboxylic acids is 1. The number of rotatable bonds is 4. The quantitative estimate of drug-likeness (QED) is 0.481. The highest BCUT2D eigenvalue weighted by Gasteiger charge is 2.24. The lowest BCUT2D eigenvalue weighted by Crippen LogP contribution is -2.05. The maximum absolute atomic E-state index is 12.2. The van der Waals surface area contributed by atoms with Crippen molar-refractivity contribution in [1.82, 2.24) is 0 Å². The van der Waals surface area contributed by atoms with Crippen molar-refractivity contribution < 1.29 is 14.3 Å². The summed E-state index contributed by atoms with van der Waals surface area (Å²) in [7, 11) is 0. The van der Waals surface area contributed by atoms with E-state index in [9.17, 15) is 4.79 Å². The number of carbonyl (C=O) groups is 1. The van der Waals surface area contributed by atoms with Crippen molar-refractivity contribution >= 4 is 17.9 Å². The lowest BCUT2D eigenvalue weighted by atomic mass is 10.1. The molecule has 132 valence electrons. The Bertz CT molecular complexity index is 1050. The second-order valence-corrected chi connectivity index (χ2v) is 6.19. The van der Waals surface area contributed by atoms with Gasteiger partial charge in [0.2, 0.25) is 5.90 Å². The van der Waals surface area contributed by atoms with E-state index in [4.69, 9.17) is 9.47 Å². The molecule has 1 aliphatic heterocycles. The van der Waals surface area contributed by atoms with Gasteiger partial charge in [-0.2, -0.15) is 0 Å². The van der Waals surface area contributed by atoms with Gasteiger partial charge in [0.25, 0.3) is 0 Å². The van der Waals surface area contributed by atoms with E-state index >= 15 is 0 Å². The molecule has 0 unspecified atom stereocenters. The fourth-order valence-corrected chi connectivity index (χ4v) is 2.76. The lowest BCUT2D eigenvalue weighted by molar-refractivity contribution is -0.129. The van der Waals surface area contributed by atoms with Crippen LogP contribution in [0.15, 0.2) is 89.6 Å². The van der Waals surface area contributed by atoms with Gasteiger partial charge in [0.1, 0.15) is 11.5 Å². The normalized spacial score (nSPS) is 14.8. The van der Waals surface area contributed by atoms with Gasteiger partial charge in [0.15, 0.2) is 5.70 Å². The fourth-order valence-electron chi connectivity index (χ4n) is 2.76. The molecular weight excluding hydrogens is 338 g/mol. The van der Waals surface area contributed by atoms with Crippen LogP contribution < -0.4 is 4.74 Å². The molecule has 0 saturated carbocycles. The third-order valence-corrected chi connectivity index (χ3v) is 4.03. The number of hydrogen-bond acceptors (Lipinski definition) is 4. The third kappa shape index (κ3) is 3.96. The van der Waals surface area contributed by atoms with E-state index in [0.717, 1.165) is 22.4 Å². The first kappa shape index (κ1) is 16.8.